The molecule has 0 amide bonds. The number of hydrogen-bond acceptors (Lipinski definition) is 2. The van der Waals surface area contributed by atoms with Crippen molar-refractivity contribution in [2.75, 3.05) is 0 Å². The molecule has 0 aromatic heterocycles. The second-order valence-electron chi connectivity index (χ2n) is 10.8. The van der Waals surface area contributed by atoms with Gasteiger partial charge in [0.05, 0.1) is 5.30 Å². The average Bonchev–Trinajstić information content (AvgIpc) is 2.95. The van der Waals surface area contributed by atoms with E-state index in [9.17, 15) is 0 Å². The molecule has 0 radical (unpaired) electrons. The highest BCUT2D eigenvalue weighted by atomic mass is 31.2. The molecule has 0 heterocycles. The molecule has 0 aliphatic heterocycles. The van der Waals surface area contributed by atoms with Crippen LogP contribution in [0.3, 0.4) is 0 Å². The van der Waals surface area contributed by atoms with E-state index in [1.165, 1.54) is 40.7 Å². The van der Waals surface area contributed by atoms with E-state index in [4.69, 9.17) is 9.05 Å². The molecule has 3 rings (SSSR count). The van der Waals surface area contributed by atoms with Crippen LogP contribution in [-0.4, -0.2) is 0 Å². The number of rotatable bonds is 15. The number of aryl methyl sites for hydroxylation is 3. The third-order valence-electron chi connectivity index (χ3n) is 7.74. The molecule has 2 nitrogen and oxygen atoms in total. The minimum Gasteiger partial charge on any atom is -0.435 e. The van der Waals surface area contributed by atoms with Gasteiger partial charge < -0.3 is 9.05 Å². The van der Waals surface area contributed by atoms with E-state index >= 15 is 0 Å². The minimum absolute atomic E-state index is 0.546. The van der Waals surface area contributed by atoms with Gasteiger partial charge in [0.25, 0.3) is 0 Å². The lowest BCUT2D eigenvalue weighted by molar-refractivity contribution is 0.492. The highest BCUT2D eigenvalue weighted by Gasteiger charge is 2.22. The highest BCUT2D eigenvalue weighted by molar-refractivity contribution is 7.56. The molecule has 0 bridgehead atoms. The van der Waals surface area contributed by atoms with Crippen LogP contribution in [0, 0.1) is 6.92 Å². The lowest BCUT2D eigenvalue weighted by Crippen LogP contribution is -2.12. The molecule has 0 saturated heterocycles. The Balaban J connectivity index is 2.01. The second-order valence-corrected chi connectivity index (χ2v) is 12.2. The average molecular weight is 533 g/mol. The lowest BCUT2D eigenvalue weighted by atomic mass is 9.95. The zero-order valence-electron chi connectivity index (χ0n) is 24.8. The number of hydrogen-bond donors (Lipinski definition) is 0. The molecule has 0 spiro atoms. The summed E-state index contributed by atoms with van der Waals surface area (Å²) in [5, 5.41) is 1.10. The summed E-state index contributed by atoms with van der Waals surface area (Å²) in [5.74, 6) is 3.01. The van der Waals surface area contributed by atoms with E-state index < -0.39 is 8.38 Å². The van der Waals surface area contributed by atoms with Crippen LogP contribution in [0.2, 0.25) is 0 Å². The largest absolute Gasteiger partial charge is 0.435 e. The predicted molar refractivity (Wildman–Crippen MR) is 167 cm³/mol. The van der Waals surface area contributed by atoms with Crippen molar-refractivity contribution in [1.29, 1.82) is 0 Å². The van der Waals surface area contributed by atoms with Crippen LogP contribution in [-0.2, 0) is 12.8 Å². The first-order chi connectivity index (χ1) is 18.4. The van der Waals surface area contributed by atoms with Crippen LogP contribution >= 0.6 is 8.38 Å². The van der Waals surface area contributed by atoms with Gasteiger partial charge in [-0.3, -0.25) is 0 Å². The summed E-state index contributed by atoms with van der Waals surface area (Å²) in [6, 6.07) is 22.2. The number of unbranched alkanes of at least 4 members (excludes halogenated alkanes) is 2. The molecular formula is C35H49O2P. The Bertz CT molecular complexity index is 1050. The van der Waals surface area contributed by atoms with Crippen molar-refractivity contribution in [2.45, 2.75) is 112 Å². The van der Waals surface area contributed by atoms with Crippen LogP contribution in [0.4, 0.5) is 0 Å². The predicted octanol–water partition coefficient (Wildman–Crippen LogP) is 10.8. The van der Waals surface area contributed by atoms with Crippen LogP contribution in [0.15, 0.2) is 60.7 Å². The van der Waals surface area contributed by atoms with Gasteiger partial charge >= 0.3 is 8.38 Å². The summed E-state index contributed by atoms with van der Waals surface area (Å²) in [4.78, 5) is 0. The molecular weight excluding hydrogens is 483 g/mol. The Morgan fingerprint density at radius 2 is 1.08 bits per heavy atom. The highest BCUT2D eigenvalue weighted by Crippen LogP contribution is 2.43. The Morgan fingerprint density at radius 3 is 1.47 bits per heavy atom. The van der Waals surface area contributed by atoms with Crippen molar-refractivity contribution >= 4 is 13.7 Å². The molecule has 0 fully saturated rings. The fraction of sp³-hybridized carbons (Fsp3) is 0.486. The molecule has 206 valence electrons. The van der Waals surface area contributed by atoms with E-state index in [0.29, 0.717) is 11.8 Å². The Kier molecular flexibility index (Phi) is 12.2. The van der Waals surface area contributed by atoms with Crippen LogP contribution in [0.1, 0.15) is 120 Å². The Labute approximate surface area is 234 Å². The summed E-state index contributed by atoms with van der Waals surface area (Å²) in [6.45, 7) is 15.8. The van der Waals surface area contributed by atoms with E-state index in [1.54, 1.807) is 0 Å². The fourth-order valence-corrected chi connectivity index (χ4v) is 5.91. The van der Waals surface area contributed by atoms with Gasteiger partial charge in [0.15, 0.2) is 0 Å². The molecule has 3 heteroatoms. The molecule has 2 unspecified atom stereocenters. The SMILES string of the molecule is CCCCc1cc(C(C)CC)ccc1OP(Oc1ccc(C(C)CC)cc1CCCC)c1ccc(C)cc1. The standard InChI is InChI=1S/C35H49O2P/c1-8-12-14-31-24-29(27(6)10-3)18-22-34(31)36-38(33-20-16-26(5)17-21-33)37-35-23-19-30(28(7)11-4)25-32(35)15-13-9-2/h16-25,27-28H,8-15H2,1-7H3. The van der Waals surface area contributed by atoms with E-state index in [2.05, 4.69) is 109 Å². The molecule has 2 atom stereocenters. The van der Waals surface area contributed by atoms with Crippen LogP contribution < -0.4 is 14.4 Å². The Morgan fingerprint density at radius 1 is 0.632 bits per heavy atom. The monoisotopic (exact) mass is 532 g/mol. The van der Waals surface area contributed by atoms with Crippen molar-refractivity contribution in [2.24, 2.45) is 0 Å². The topological polar surface area (TPSA) is 18.5 Å². The summed E-state index contributed by atoms with van der Waals surface area (Å²) in [7, 11) is -1.34. The third kappa shape index (κ3) is 8.34. The van der Waals surface area contributed by atoms with Crippen molar-refractivity contribution in [3.05, 3.63) is 88.5 Å². The van der Waals surface area contributed by atoms with Gasteiger partial charge in [0.2, 0.25) is 0 Å². The van der Waals surface area contributed by atoms with Crippen molar-refractivity contribution in [3.8, 4) is 11.5 Å². The molecule has 0 aliphatic rings. The van der Waals surface area contributed by atoms with Crippen LogP contribution in [0.5, 0.6) is 11.5 Å². The zero-order chi connectivity index (χ0) is 27.5. The minimum atomic E-state index is -1.34. The van der Waals surface area contributed by atoms with Crippen molar-refractivity contribution < 1.29 is 9.05 Å². The lowest BCUT2D eigenvalue weighted by Gasteiger charge is -2.24. The second kappa shape index (κ2) is 15.3. The van der Waals surface area contributed by atoms with Gasteiger partial charge in [-0.15, -0.1) is 0 Å². The molecule has 0 saturated carbocycles. The van der Waals surface area contributed by atoms with Crippen LogP contribution in [0.25, 0.3) is 0 Å². The van der Waals surface area contributed by atoms with Crippen molar-refractivity contribution in [1.82, 2.24) is 0 Å². The molecule has 38 heavy (non-hydrogen) atoms. The molecule has 0 N–H and O–H groups in total. The maximum atomic E-state index is 6.84. The van der Waals surface area contributed by atoms with Gasteiger partial charge in [0, 0.05) is 0 Å². The summed E-state index contributed by atoms with van der Waals surface area (Å²) >= 11 is 0. The summed E-state index contributed by atoms with van der Waals surface area (Å²) in [5.41, 5.74) is 6.63. The van der Waals surface area contributed by atoms with Gasteiger partial charge in [-0.1, -0.05) is 96.3 Å². The third-order valence-corrected chi connectivity index (χ3v) is 9.18. The number of benzene rings is 3. The molecule has 0 aliphatic carbocycles. The van der Waals surface area contributed by atoms with E-state index in [0.717, 1.165) is 55.3 Å². The quantitative estimate of drug-likeness (QED) is 0.181. The van der Waals surface area contributed by atoms with E-state index in [-0.39, 0.29) is 0 Å². The summed E-state index contributed by atoms with van der Waals surface area (Å²) in [6.07, 6.45) is 8.97. The van der Waals surface area contributed by atoms with E-state index in [1.807, 2.05) is 0 Å². The maximum Gasteiger partial charge on any atom is 0.326 e. The fourth-order valence-electron chi connectivity index (χ4n) is 4.56. The Hall–Kier alpha value is -2.31. The smallest absolute Gasteiger partial charge is 0.326 e. The van der Waals surface area contributed by atoms with Gasteiger partial charge in [-0.05, 0) is 104 Å². The molecule has 3 aromatic rings. The van der Waals surface area contributed by atoms with Gasteiger partial charge in [-0.25, -0.2) is 0 Å². The first-order valence-electron chi connectivity index (χ1n) is 14.9. The first-order valence-corrected chi connectivity index (χ1v) is 16.1. The summed E-state index contributed by atoms with van der Waals surface area (Å²) < 4.78 is 13.7. The zero-order valence-corrected chi connectivity index (χ0v) is 25.7. The van der Waals surface area contributed by atoms with Crippen molar-refractivity contribution in [3.63, 3.8) is 0 Å². The first kappa shape index (κ1) is 30.2. The van der Waals surface area contributed by atoms with Gasteiger partial charge in [0.1, 0.15) is 11.5 Å². The maximum absolute atomic E-state index is 6.84. The van der Waals surface area contributed by atoms with Gasteiger partial charge in [-0.2, -0.15) is 0 Å². The molecule has 3 aromatic carbocycles. The normalized spacial score (nSPS) is 13.7.